The summed E-state index contributed by atoms with van der Waals surface area (Å²) in [4.78, 5) is 18.4. The monoisotopic (exact) mass is 242 g/mol. The quantitative estimate of drug-likeness (QED) is 0.584. The van der Waals surface area contributed by atoms with E-state index in [1.165, 1.54) is 6.92 Å². The fourth-order valence-electron chi connectivity index (χ4n) is 0.567. The highest BCUT2D eigenvalue weighted by atomic mass is 31.2. The standard InChI is InChI=1S/C4H11O4P.C4H8O2/c1-3-7-9(5,6)8-4-2;1-3-6-4(2)5/h3-4H2,1-2H3,(H,5,6);3H2,1-2H3. The molecule has 7 heteroatoms. The van der Waals surface area contributed by atoms with E-state index < -0.39 is 7.82 Å². The van der Waals surface area contributed by atoms with Gasteiger partial charge >= 0.3 is 13.8 Å². The van der Waals surface area contributed by atoms with Crippen molar-refractivity contribution >= 4 is 13.8 Å². The Balaban J connectivity index is 0. The summed E-state index contributed by atoms with van der Waals surface area (Å²) >= 11 is 0. The van der Waals surface area contributed by atoms with Gasteiger partial charge in [-0.05, 0) is 20.8 Å². The predicted molar refractivity (Wildman–Crippen MR) is 55.4 cm³/mol. The Labute approximate surface area is 90.1 Å². The number of hydrogen-bond donors (Lipinski definition) is 1. The minimum absolute atomic E-state index is 0.188. The van der Waals surface area contributed by atoms with Gasteiger partial charge in [0.1, 0.15) is 0 Å². The molecule has 0 saturated carbocycles. The summed E-state index contributed by atoms with van der Waals surface area (Å²) in [5.74, 6) is -0.211. The van der Waals surface area contributed by atoms with Gasteiger partial charge in [0.25, 0.3) is 0 Å². The van der Waals surface area contributed by atoms with Crippen LogP contribution in [-0.2, 0) is 23.1 Å². The molecule has 0 bridgehead atoms. The zero-order valence-corrected chi connectivity index (χ0v) is 10.5. The second kappa shape index (κ2) is 10.1. The van der Waals surface area contributed by atoms with E-state index in [1.54, 1.807) is 20.8 Å². The van der Waals surface area contributed by atoms with Crippen molar-refractivity contribution in [1.29, 1.82) is 0 Å². The third kappa shape index (κ3) is 16.3. The summed E-state index contributed by atoms with van der Waals surface area (Å²) in [5, 5.41) is 0. The molecule has 0 rings (SSSR count). The highest BCUT2D eigenvalue weighted by Gasteiger charge is 2.17. The zero-order chi connectivity index (χ0) is 12.3. The second-order valence-corrected chi connectivity index (χ2v) is 3.68. The first-order valence-electron chi connectivity index (χ1n) is 4.64. The second-order valence-electron chi connectivity index (χ2n) is 2.23. The Morgan fingerprint density at radius 2 is 1.53 bits per heavy atom. The lowest BCUT2D eigenvalue weighted by molar-refractivity contribution is -0.140. The third-order valence-electron chi connectivity index (χ3n) is 0.932. The summed E-state index contributed by atoms with van der Waals surface area (Å²) in [6.07, 6.45) is 0. The first-order valence-corrected chi connectivity index (χ1v) is 6.14. The van der Waals surface area contributed by atoms with Crippen LogP contribution in [-0.4, -0.2) is 30.7 Å². The molecule has 0 fully saturated rings. The summed E-state index contributed by atoms with van der Waals surface area (Å²) in [6, 6.07) is 0. The van der Waals surface area contributed by atoms with Crippen molar-refractivity contribution in [3.05, 3.63) is 0 Å². The molecular formula is C8H19O6P. The zero-order valence-electron chi connectivity index (χ0n) is 9.56. The lowest BCUT2D eigenvalue weighted by Gasteiger charge is -2.07. The Morgan fingerprint density at radius 1 is 1.13 bits per heavy atom. The van der Waals surface area contributed by atoms with Crippen LogP contribution in [0.5, 0.6) is 0 Å². The molecule has 0 saturated heterocycles. The molecule has 0 radical (unpaired) electrons. The number of phosphoric ester groups is 1. The molecule has 92 valence electrons. The molecule has 0 spiro atoms. The fourth-order valence-corrected chi connectivity index (χ4v) is 1.29. The predicted octanol–water partition coefficient (Wildman–Crippen LogP) is 1.73. The highest BCUT2D eigenvalue weighted by molar-refractivity contribution is 7.47. The van der Waals surface area contributed by atoms with E-state index in [0.29, 0.717) is 6.61 Å². The van der Waals surface area contributed by atoms with Crippen molar-refractivity contribution in [3.63, 3.8) is 0 Å². The molecule has 1 N–H and O–H groups in total. The Hall–Kier alpha value is -0.420. The van der Waals surface area contributed by atoms with E-state index >= 15 is 0 Å². The van der Waals surface area contributed by atoms with Crippen LogP contribution in [0.3, 0.4) is 0 Å². The largest absolute Gasteiger partial charge is 0.472 e. The van der Waals surface area contributed by atoms with Crippen molar-refractivity contribution in [2.45, 2.75) is 27.7 Å². The van der Waals surface area contributed by atoms with Gasteiger partial charge in [-0.2, -0.15) is 0 Å². The number of carbonyl (C=O) groups excluding carboxylic acids is 1. The number of ether oxygens (including phenoxy) is 1. The van der Waals surface area contributed by atoms with Crippen LogP contribution in [0.1, 0.15) is 27.7 Å². The maximum absolute atomic E-state index is 10.5. The fraction of sp³-hybridized carbons (Fsp3) is 0.875. The average molecular weight is 242 g/mol. The van der Waals surface area contributed by atoms with Crippen molar-refractivity contribution < 1.29 is 28.0 Å². The Kier molecular flexibility index (Phi) is 11.5. The molecule has 0 unspecified atom stereocenters. The normalized spacial score (nSPS) is 10.2. The van der Waals surface area contributed by atoms with E-state index in [4.69, 9.17) is 4.89 Å². The maximum Gasteiger partial charge on any atom is 0.472 e. The van der Waals surface area contributed by atoms with Gasteiger partial charge in [-0.1, -0.05) is 0 Å². The molecule has 15 heavy (non-hydrogen) atoms. The van der Waals surface area contributed by atoms with Crippen molar-refractivity contribution in [3.8, 4) is 0 Å². The van der Waals surface area contributed by atoms with E-state index in [-0.39, 0.29) is 19.2 Å². The van der Waals surface area contributed by atoms with Crippen molar-refractivity contribution in [2.24, 2.45) is 0 Å². The molecule has 0 aliphatic carbocycles. The molecule has 0 aromatic carbocycles. The molecular weight excluding hydrogens is 223 g/mol. The van der Waals surface area contributed by atoms with Gasteiger partial charge in [0.15, 0.2) is 0 Å². The smallest absolute Gasteiger partial charge is 0.466 e. The number of esters is 1. The van der Waals surface area contributed by atoms with Crippen molar-refractivity contribution in [1.82, 2.24) is 0 Å². The molecule has 0 aromatic heterocycles. The molecule has 0 aromatic rings. The van der Waals surface area contributed by atoms with Crippen LogP contribution in [0.25, 0.3) is 0 Å². The van der Waals surface area contributed by atoms with Crippen LogP contribution in [0.2, 0.25) is 0 Å². The van der Waals surface area contributed by atoms with Gasteiger partial charge in [0.05, 0.1) is 19.8 Å². The molecule has 6 nitrogen and oxygen atoms in total. The van der Waals surface area contributed by atoms with Gasteiger partial charge in [-0.3, -0.25) is 13.8 Å². The Bertz CT molecular complexity index is 195. The minimum Gasteiger partial charge on any atom is -0.466 e. The topological polar surface area (TPSA) is 82.1 Å². The number of hydrogen-bond acceptors (Lipinski definition) is 5. The lowest BCUT2D eigenvalue weighted by Crippen LogP contribution is -1.95. The van der Waals surface area contributed by atoms with E-state index in [1.807, 2.05) is 0 Å². The van der Waals surface area contributed by atoms with E-state index in [0.717, 1.165) is 0 Å². The van der Waals surface area contributed by atoms with E-state index in [9.17, 15) is 9.36 Å². The van der Waals surface area contributed by atoms with Crippen LogP contribution < -0.4 is 0 Å². The van der Waals surface area contributed by atoms with Gasteiger partial charge in [0, 0.05) is 6.92 Å². The van der Waals surface area contributed by atoms with Gasteiger partial charge in [-0.25, -0.2) is 4.57 Å². The lowest BCUT2D eigenvalue weighted by atomic mass is 10.8. The summed E-state index contributed by atoms with van der Waals surface area (Å²) in [5.41, 5.74) is 0. The van der Waals surface area contributed by atoms with Crippen LogP contribution in [0, 0.1) is 0 Å². The average Bonchev–Trinajstić information content (AvgIpc) is 2.03. The molecule has 0 amide bonds. The van der Waals surface area contributed by atoms with Gasteiger partial charge in [-0.15, -0.1) is 0 Å². The summed E-state index contributed by atoms with van der Waals surface area (Å²) < 4.78 is 23.6. The van der Waals surface area contributed by atoms with Crippen LogP contribution in [0.4, 0.5) is 0 Å². The number of rotatable bonds is 5. The third-order valence-corrected chi connectivity index (χ3v) is 2.10. The molecule has 0 heterocycles. The molecule has 0 aliphatic rings. The van der Waals surface area contributed by atoms with Gasteiger partial charge < -0.3 is 9.63 Å². The molecule has 0 aliphatic heterocycles. The highest BCUT2D eigenvalue weighted by Crippen LogP contribution is 2.42. The first-order chi connectivity index (χ1) is 6.89. The minimum atomic E-state index is -3.69. The molecule has 0 atom stereocenters. The van der Waals surface area contributed by atoms with Gasteiger partial charge in [0.2, 0.25) is 0 Å². The summed E-state index contributed by atoms with van der Waals surface area (Å²) in [6.45, 7) is 7.28. The first kappa shape index (κ1) is 17.0. The number of carbonyl (C=O) groups is 1. The SMILES string of the molecule is CCOC(C)=O.CCOP(=O)(O)OCC. The van der Waals surface area contributed by atoms with E-state index in [2.05, 4.69) is 13.8 Å². The van der Waals surface area contributed by atoms with Crippen LogP contribution in [0.15, 0.2) is 0 Å². The van der Waals surface area contributed by atoms with Crippen LogP contribution >= 0.6 is 7.82 Å². The summed E-state index contributed by atoms with van der Waals surface area (Å²) in [7, 11) is -3.69. The van der Waals surface area contributed by atoms with Crippen molar-refractivity contribution in [2.75, 3.05) is 19.8 Å². The number of phosphoric acid groups is 1. The Morgan fingerprint density at radius 3 is 1.67 bits per heavy atom. The maximum atomic E-state index is 10.5.